The quantitative estimate of drug-likeness (QED) is 0.645. The SMILES string of the molecule is COc1ccccc1CCNS(=O)(=O)[C@@H]1CON(C)[C@H]1c1ccc(OC)c(OC)c1. The number of para-hydroxylation sites is 1. The number of methoxy groups -OCH3 is 3. The second-order valence-electron chi connectivity index (χ2n) is 6.94. The molecule has 0 bridgehead atoms. The van der Waals surface area contributed by atoms with Crippen molar-refractivity contribution in [3.63, 3.8) is 0 Å². The van der Waals surface area contributed by atoms with E-state index in [1.165, 1.54) is 0 Å². The molecule has 1 heterocycles. The van der Waals surface area contributed by atoms with Gasteiger partial charge in [-0.15, -0.1) is 0 Å². The number of hydrogen-bond donors (Lipinski definition) is 1. The van der Waals surface area contributed by atoms with E-state index in [0.717, 1.165) is 16.9 Å². The van der Waals surface area contributed by atoms with Crippen LogP contribution in [0.1, 0.15) is 17.2 Å². The van der Waals surface area contributed by atoms with E-state index in [1.54, 1.807) is 45.6 Å². The second kappa shape index (κ2) is 9.65. The predicted octanol–water partition coefficient (Wildman–Crippen LogP) is 2.16. The zero-order valence-corrected chi connectivity index (χ0v) is 18.4. The molecule has 3 rings (SSSR count). The van der Waals surface area contributed by atoms with Crippen molar-refractivity contribution < 1.29 is 27.5 Å². The summed E-state index contributed by atoms with van der Waals surface area (Å²) in [5, 5.41) is 0.809. The third kappa shape index (κ3) is 4.70. The molecule has 1 N–H and O–H groups in total. The summed E-state index contributed by atoms with van der Waals surface area (Å²) in [5.41, 5.74) is 1.71. The smallest absolute Gasteiger partial charge is 0.218 e. The average molecular weight is 437 g/mol. The molecule has 30 heavy (non-hydrogen) atoms. The normalized spacial score (nSPS) is 19.6. The van der Waals surface area contributed by atoms with E-state index in [9.17, 15) is 8.42 Å². The minimum atomic E-state index is -3.64. The summed E-state index contributed by atoms with van der Waals surface area (Å²) in [6.45, 7) is 0.334. The van der Waals surface area contributed by atoms with E-state index in [0.29, 0.717) is 17.9 Å². The highest BCUT2D eigenvalue weighted by Crippen LogP contribution is 2.37. The van der Waals surface area contributed by atoms with Crippen LogP contribution in [-0.4, -0.2) is 60.3 Å². The van der Waals surface area contributed by atoms with Gasteiger partial charge in [0.1, 0.15) is 11.0 Å². The van der Waals surface area contributed by atoms with Crippen molar-refractivity contribution in [1.82, 2.24) is 9.79 Å². The first-order chi connectivity index (χ1) is 14.4. The third-order valence-electron chi connectivity index (χ3n) is 5.22. The number of hydroxylamine groups is 2. The van der Waals surface area contributed by atoms with Crippen LogP contribution in [0.2, 0.25) is 0 Å². The number of hydrogen-bond acceptors (Lipinski definition) is 7. The summed E-state index contributed by atoms with van der Waals surface area (Å²) in [5.74, 6) is 1.86. The van der Waals surface area contributed by atoms with Gasteiger partial charge >= 0.3 is 0 Å². The topological polar surface area (TPSA) is 86.3 Å². The van der Waals surface area contributed by atoms with Crippen LogP contribution in [0.15, 0.2) is 42.5 Å². The molecule has 8 nitrogen and oxygen atoms in total. The largest absolute Gasteiger partial charge is 0.496 e. The predicted molar refractivity (Wildman–Crippen MR) is 113 cm³/mol. The first kappa shape index (κ1) is 22.4. The molecule has 2 atom stereocenters. The highest BCUT2D eigenvalue weighted by atomic mass is 32.2. The van der Waals surface area contributed by atoms with Gasteiger partial charge in [0, 0.05) is 13.6 Å². The van der Waals surface area contributed by atoms with Crippen LogP contribution in [0.25, 0.3) is 0 Å². The monoisotopic (exact) mass is 436 g/mol. The summed E-state index contributed by atoms with van der Waals surface area (Å²) in [7, 11) is 2.79. The highest BCUT2D eigenvalue weighted by Gasteiger charge is 2.43. The van der Waals surface area contributed by atoms with Gasteiger partial charge in [-0.25, -0.2) is 13.1 Å². The molecule has 9 heteroatoms. The number of ether oxygens (including phenoxy) is 3. The van der Waals surface area contributed by atoms with Gasteiger partial charge in [-0.05, 0) is 35.7 Å². The van der Waals surface area contributed by atoms with Crippen LogP contribution in [-0.2, 0) is 21.3 Å². The summed E-state index contributed by atoms with van der Waals surface area (Å²) in [6.07, 6.45) is 0.522. The molecule has 0 aliphatic carbocycles. The number of nitrogens with zero attached hydrogens (tertiary/aromatic N) is 1. The zero-order chi connectivity index (χ0) is 21.7. The van der Waals surface area contributed by atoms with Crippen molar-refractivity contribution in [3.8, 4) is 17.2 Å². The molecule has 1 aliphatic rings. The molecule has 1 aliphatic heterocycles. The fourth-order valence-corrected chi connectivity index (χ4v) is 5.17. The van der Waals surface area contributed by atoms with Gasteiger partial charge in [0.25, 0.3) is 0 Å². The second-order valence-corrected chi connectivity index (χ2v) is 8.93. The molecule has 1 fully saturated rings. The van der Waals surface area contributed by atoms with E-state index in [4.69, 9.17) is 19.0 Å². The van der Waals surface area contributed by atoms with Gasteiger partial charge in [-0.3, -0.25) is 4.84 Å². The first-order valence-electron chi connectivity index (χ1n) is 9.59. The zero-order valence-electron chi connectivity index (χ0n) is 17.6. The van der Waals surface area contributed by atoms with Crippen molar-refractivity contribution in [2.45, 2.75) is 17.7 Å². The maximum Gasteiger partial charge on any atom is 0.218 e. The Morgan fingerprint density at radius 2 is 1.73 bits per heavy atom. The Balaban J connectivity index is 1.76. The summed E-state index contributed by atoms with van der Waals surface area (Å²) in [6, 6.07) is 12.5. The van der Waals surface area contributed by atoms with Crippen molar-refractivity contribution >= 4 is 10.0 Å². The highest BCUT2D eigenvalue weighted by molar-refractivity contribution is 7.90. The van der Waals surface area contributed by atoms with Gasteiger partial charge in [-0.2, -0.15) is 5.06 Å². The molecule has 0 saturated carbocycles. The molecule has 1 saturated heterocycles. The van der Waals surface area contributed by atoms with Crippen LogP contribution in [0.3, 0.4) is 0 Å². The van der Waals surface area contributed by atoms with E-state index in [1.807, 2.05) is 30.3 Å². The van der Waals surface area contributed by atoms with Gasteiger partial charge in [0.15, 0.2) is 11.5 Å². The molecule has 164 valence electrons. The van der Waals surface area contributed by atoms with Crippen LogP contribution >= 0.6 is 0 Å². The Kier molecular flexibility index (Phi) is 7.19. The van der Waals surface area contributed by atoms with Gasteiger partial charge in [0.2, 0.25) is 10.0 Å². The van der Waals surface area contributed by atoms with E-state index in [2.05, 4.69) is 4.72 Å². The van der Waals surface area contributed by atoms with Crippen molar-refractivity contribution in [1.29, 1.82) is 0 Å². The number of sulfonamides is 1. The molecular formula is C21H28N2O6S. The molecule has 0 spiro atoms. The standard InChI is InChI=1S/C21H28N2O6S/c1-23-21(16-9-10-18(27-3)19(13-16)28-4)20(14-29-23)30(24,25)22-12-11-15-7-5-6-8-17(15)26-2/h5-10,13,20-22H,11-12,14H2,1-4H3/t20-,21+/m1/s1. The fraction of sp³-hybridized carbons (Fsp3) is 0.429. The Morgan fingerprint density at radius 3 is 2.43 bits per heavy atom. The van der Waals surface area contributed by atoms with Gasteiger partial charge in [-0.1, -0.05) is 24.3 Å². The number of benzene rings is 2. The molecule has 0 radical (unpaired) electrons. The lowest BCUT2D eigenvalue weighted by Crippen LogP contribution is -2.40. The Bertz CT molecular complexity index is 966. The Labute approximate surface area is 177 Å². The minimum absolute atomic E-state index is 0.0690. The van der Waals surface area contributed by atoms with Gasteiger partial charge in [0.05, 0.1) is 34.0 Å². The van der Waals surface area contributed by atoms with E-state index in [-0.39, 0.29) is 13.2 Å². The van der Waals surface area contributed by atoms with E-state index < -0.39 is 21.3 Å². The number of nitrogens with one attached hydrogen (secondary N) is 1. The first-order valence-corrected chi connectivity index (χ1v) is 11.1. The lowest BCUT2D eigenvalue weighted by Gasteiger charge is -2.24. The fourth-order valence-electron chi connectivity index (χ4n) is 3.66. The van der Waals surface area contributed by atoms with Crippen LogP contribution in [0.4, 0.5) is 0 Å². The molecular weight excluding hydrogens is 408 g/mol. The van der Waals surface area contributed by atoms with Crippen LogP contribution in [0, 0.1) is 0 Å². The van der Waals surface area contributed by atoms with Crippen molar-refractivity contribution in [2.24, 2.45) is 0 Å². The Morgan fingerprint density at radius 1 is 1.03 bits per heavy atom. The molecule has 0 aromatic heterocycles. The van der Waals surface area contributed by atoms with Crippen molar-refractivity contribution in [2.75, 3.05) is 41.5 Å². The maximum atomic E-state index is 13.1. The summed E-state index contributed by atoms with van der Waals surface area (Å²) < 4.78 is 44.9. The molecule has 2 aromatic carbocycles. The molecule has 0 amide bonds. The van der Waals surface area contributed by atoms with Gasteiger partial charge < -0.3 is 14.2 Å². The van der Waals surface area contributed by atoms with Crippen LogP contribution in [0.5, 0.6) is 17.2 Å². The van der Waals surface area contributed by atoms with E-state index >= 15 is 0 Å². The lowest BCUT2D eigenvalue weighted by molar-refractivity contribution is -0.110. The average Bonchev–Trinajstić information content (AvgIpc) is 3.15. The molecule has 2 aromatic rings. The summed E-state index contributed by atoms with van der Waals surface area (Å²) >= 11 is 0. The number of rotatable bonds is 9. The third-order valence-corrected chi connectivity index (χ3v) is 7.02. The molecule has 0 unspecified atom stereocenters. The maximum absolute atomic E-state index is 13.1. The Hall–Kier alpha value is -2.33. The summed E-state index contributed by atoms with van der Waals surface area (Å²) in [4.78, 5) is 5.57. The van der Waals surface area contributed by atoms with Crippen molar-refractivity contribution in [3.05, 3.63) is 53.6 Å². The lowest BCUT2D eigenvalue weighted by atomic mass is 10.0. The minimum Gasteiger partial charge on any atom is -0.496 e. The van der Waals surface area contributed by atoms with Crippen LogP contribution < -0.4 is 18.9 Å².